The summed E-state index contributed by atoms with van der Waals surface area (Å²) in [5.74, 6) is 3.19. The first-order valence-corrected chi connectivity index (χ1v) is 12.1. The Hall–Kier alpha value is -3.68. The molecule has 184 valence electrons. The van der Waals surface area contributed by atoms with Crippen LogP contribution in [0.1, 0.15) is 48.5 Å². The topological polar surface area (TPSA) is 92.3 Å². The molecule has 4 rings (SSSR count). The highest BCUT2D eigenvalue weighted by Crippen LogP contribution is 2.36. The predicted molar refractivity (Wildman–Crippen MR) is 139 cm³/mol. The number of amides is 1. The van der Waals surface area contributed by atoms with Gasteiger partial charge in [0.05, 0.1) is 12.8 Å². The van der Waals surface area contributed by atoms with Gasteiger partial charge in [0.15, 0.2) is 0 Å². The number of carbonyl (C=O) groups is 1. The Bertz CT molecular complexity index is 1160. The highest BCUT2D eigenvalue weighted by Gasteiger charge is 2.31. The van der Waals surface area contributed by atoms with Crippen LogP contribution >= 0.6 is 0 Å². The Kier molecular flexibility index (Phi) is 7.48. The van der Waals surface area contributed by atoms with Crippen molar-refractivity contribution in [2.45, 2.75) is 38.6 Å². The average Bonchev–Trinajstić information content (AvgIpc) is 3.76. The number of aromatic nitrogens is 3. The van der Waals surface area contributed by atoms with Gasteiger partial charge in [-0.05, 0) is 55.5 Å². The van der Waals surface area contributed by atoms with Gasteiger partial charge < -0.3 is 20.3 Å². The fourth-order valence-corrected chi connectivity index (χ4v) is 4.23. The van der Waals surface area contributed by atoms with Crippen LogP contribution in [0.15, 0.2) is 48.9 Å². The molecule has 0 radical (unpaired) electrons. The zero-order chi connectivity index (χ0) is 24.9. The average molecular weight is 475 g/mol. The molecule has 1 fully saturated rings. The number of benzene rings is 1. The number of anilines is 2. The molecule has 1 saturated carbocycles. The second-order valence-corrected chi connectivity index (χ2v) is 9.20. The van der Waals surface area contributed by atoms with E-state index in [4.69, 9.17) is 4.74 Å². The second-order valence-electron chi connectivity index (χ2n) is 9.20. The van der Waals surface area contributed by atoms with Crippen LogP contribution < -0.4 is 20.3 Å². The molecule has 2 aromatic heterocycles. The van der Waals surface area contributed by atoms with Gasteiger partial charge in [0.25, 0.3) is 5.91 Å². The van der Waals surface area contributed by atoms with Crippen molar-refractivity contribution in [2.75, 3.05) is 38.0 Å². The van der Waals surface area contributed by atoms with Crippen molar-refractivity contribution in [1.29, 1.82) is 0 Å². The van der Waals surface area contributed by atoms with Crippen molar-refractivity contribution in [3.63, 3.8) is 0 Å². The fraction of sp³-hybridized carbons (Fsp3) is 0.407. The Morgan fingerprint density at radius 3 is 2.60 bits per heavy atom. The maximum atomic E-state index is 11.9. The molecule has 2 N–H and O–H groups in total. The van der Waals surface area contributed by atoms with Gasteiger partial charge in [-0.25, -0.2) is 15.0 Å². The number of nitrogens with zero attached hydrogens (tertiary/aromatic N) is 4. The number of pyridine rings is 1. The van der Waals surface area contributed by atoms with E-state index in [0.717, 1.165) is 34.4 Å². The molecule has 1 aromatic carbocycles. The molecule has 35 heavy (non-hydrogen) atoms. The minimum atomic E-state index is -0.138. The number of methoxy groups -OCH3 is 1. The van der Waals surface area contributed by atoms with Crippen molar-refractivity contribution in [3.8, 4) is 17.0 Å². The minimum Gasteiger partial charge on any atom is -0.496 e. The van der Waals surface area contributed by atoms with E-state index in [9.17, 15) is 4.79 Å². The first-order chi connectivity index (χ1) is 16.9. The van der Waals surface area contributed by atoms with Gasteiger partial charge in [0.2, 0.25) is 0 Å². The molecule has 1 aliphatic carbocycles. The van der Waals surface area contributed by atoms with Crippen LogP contribution in [-0.4, -0.2) is 54.7 Å². The van der Waals surface area contributed by atoms with Gasteiger partial charge in [-0.15, -0.1) is 0 Å². The fourth-order valence-electron chi connectivity index (χ4n) is 4.23. The first kappa shape index (κ1) is 24.4. The molecule has 2 heterocycles. The lowest BCUT2D eigenvalue weighted by molar-refractivity contribution is 0.0962. The molecule has 3 aromatic rings. The summed E-state index contributed by atoms with van der Waals surface area (Å²) < 4.78 is 5.54. The van der Waals surface area contributed by atoms with Crippen LogP contribution in [0.2, 0.25) is 0 Å². The smallest absolute Gasteiger partial charge is 0.251 e. The Morgan fingerprint density at radius 1 is 1.14 bits per heavy atom. The van der Waals surface area contributed by atoms with Crippen molar-refractivity contribution < 1.29 is 9.53 Å². The maximum Gasteiger partial charge on any atom is 0.251 e. The quantitative estimate of drug-likeness (QED) is 0.451. The van der Waals surface area contributed by atoms with Crippen LogP contribution in [0.3, 0.4) is 0 Å². The zero-order valence-electron chi connectivity index (χ0n) is 21.1. The van der Waals surface area contributed by atoms with Gasteiger partial charge in [-0.2, -0.15) is 0 Å². The number of nitrogens with one attached hydrogen (secondary N) is 2. The van der Waals surface area contributed by atoms with E-state index in [2.05, 4.69) is 63.5 Å². The molecule has 1 unspecified atom stereocenters. The lowest BCUT2D eigenvalue weighted by Gasteiger charge is -2.26. The molecule has 1 amide bonds. The third kappa shape index (κ3) is 5.70. The van der Waals surface area contributed by atoms with Crippen LogP contribution in [-0.2, 0) is 0 Å². The Morgan fingerprint density at radius 2 is 1.94 bits per heavy atom. The molecule has 0 aliphatic heterocycles. The minimum absolute atomic E-state index is 0.132. The number of hydrogen-bond donors (Lipinski definition) is 2. The van der Waals surface area contributed by atoms with E-state index in [-0.39, 0.29) is 11.8 Å². The van der Waals surface area contributed by atoms with Gasteiger partial charge >= 0.3 is 0 Å². The van der Waals surface area contributed by atoms with E-state index in [0.29, 0.717) is 23.9 Å². The molecule has 1 aliphatic rings. The van der Waals surface area contributed by atoms with Gasteiger partial charge in [-0.1, -0.05) is 13.0 Å². The third-order valence-electron chi connectivity index (χ3n) is 6.83. The van der Waals surface area contributed by atoms with Crippen molar-refractivity contribution in [1.82, 2.24) is 20.3 Å². The van der Waals surface area contributed by atoms with Crippen molar-refractivity contribution >= 4 is 17.5 Å². The summed E-state index contributed by atoms with van der Waals surface area (Å²) in [4.78, 5) is 27.7. The van der Waals surface area contributed by atoms with E-state index >= 15 is 0 Å². The lowest BCUT2D eigenvalue weighted by atomic mass is 9.98. The molecule has 0 saturated heterocycles. The standard InChI is InChI=1S/C27H34N6O2/c1-17(22-10-8-20(27(34)28-3)12-24(22)35-5)14-29-25-13-23(31-16-32-25)21-9-11-26(30-15-21)33(4)18(2)19-6-7-19/h8-13,15-19H,6-7,14H2,1-5H3,(H,28,34)(H,29,31,32)/t17-,18?/m1/s1. The summed E-state index contributed by atoms with van der Waals surface area (Å²) in [7, 11) is 5.34. The SMILES string of the molecule is CNC(=O)c1ccc([C@H](C)CNc2cc(-c3ccc(N(C)C(C)C4CC4)nc3)ncn2)c(OC)c1. The Labute approximate surface area is 207 Å². The van der Waals surface area contributed by atoms with Crippen molar-refractivity contribution in [3.05, 3.63) is 60.0 Å². The first-order valence-electron chi connectivity index (χ1n) is 12.1. The molecule has 8 nitrogen and oxygen atoms in total. The summed E-state index contributed by atoms with van der Waals surface area (Å²) in [5.41, 5.74) is 3.36. The van der Waals surface area contributed by atoms with Gasteiger partial charge in [0.1, 0.15) is 23.7 Å². The summed E-state index contributed by atoms with van der Waals surface area (Å²) in [6, 6.07) is 12.1. The highest BCUT2D eigenvalue weighted by atomic mass is 16.5. The summed E-state index contributed by atoms with van der Waals surface area (Å²) >= 11 is 0. The number of hydrogen-bond acceptors (Lipinski definition) is 7. The number of rotatable bonds is 10. The Balaban J connectivity index is 1.42. The predicted octanol–water partition coefficient (Wildman–Crippen LogP) is 4.36. The summed E-state index contributed by atoms with van der Waals surface area (Å²) in [6.45, 7) is 5.02. The van der Waals surface area contributed by atoms with Crippen LogP contribution in [0.5, 0.6) is 5.75 Å². The molecular formula is C27H34N6O2. The van der Waals surface area contributed by atoms with Crippen LogP contribution in [0.25, 0.3) is 11.3 Å². The van der Waals surface area contributed by atoms with Gasteiger partial charge in [-0.3, -0.25) is 4.79 Å². The third-order valence-corrected chi connectivity index (χ3v) is 6.83. The van der Waals surface area contributed by atoms with Gasteiger partial charge in [0, 0.05) is 56.0 Å². The normalized spacial score (nSPS) is 14.7. The van der Waals surface area contributed by atoms with E-state index in [1.165, 1.54) is 12.8 Å². The van der Waals surface area contributed by atoms with Crippen LogP contribution in [0.4, 0.5) is 11.6 Å². The van der Waals surface area contributed by atoms with E-state index in [1.807, 2.05) is 24.4 Å². The van der Waals surface area contributed by atoms with Crippen molar-refractivity contribution in [2.24, 2.45) is 5.92 Å². The zero-order valence-corrected chi connectivity index (χ0v) is 21.1. The summed E-state index contributed by atoms with van der Waals surface area (Å²) in [5, 5.41) is 6.04. The van der Waals surface area contributed by atoms with E-state index in [1.54, 1.807) is 26.6 Å². The largest absolute Gasteiger partial charge is 0.496 e. The number of ether oxygens (including phenoxy) is 1. The second kappa shape index (κ2) is 10.7. The molecule has 0 spiro atoms. The summed E-state index contributed by atoms with van der Waals surface area (Å²) in [6.07, 6.45) is 6.06. The monoisotopic (exact) mass is 474 g/mol. The lowest BCUT2D eigenvalue weighted by Crippen LogP contribution is -2.31. The number of carbonyl (C=O) groups excluding carboxylic acids is 1. The highest BCUT2D eigenvalue weighted by molar-refractivity contribution is 5.94. The van der Waals surface area contributed by atoms with E-state index < -0.39 is 0 Å². The molecular weight excluding hydrogens is 440 g/mol. The maximum absolute atomic E-state index is 11.9. The molecule has 8 heteroatoms. The van der Waals surface area contributed by atoms with Crippen LogP contribution in [0, 0.1) is 5.92 Å². The molecule has 0 bridgehead atoms. The molecule has 2 atom stereocenters.